The van der Waals surface area contributed by atoms with Gasteiger partial charge in [0.25, 0.3) is 0 Å². The van der Waals surface area contributed by atoms with Gasteiger partial charge in [0, 0.05) is 21.8 Å². The molecule has 0 amide bonds. The molecule has 0 spiro atoms. The number of aliphatic hydroxyl groups is 1. The Morgan fingerprint density at radius 1 is 1.24 bits per heavy atom. The van der Waals surface area contributed by atoms with Gasteiger partial charge < -0.3 is 5.11 Å². The highest BCUT2D eigenvalue weighted by Gasteiger charge is 2.26. The predicted octanol–water partition coefficient (Wildman–Crippen LogP) is 6.56. The SMILES string of the molecule is CC1=C(/C=C/C(C)=C/C(C)=C/C=C/c2cc(I)cc[n+]2CCO)C(C)(C)CCC1. The third-order valence-corrected chi connectivity index (χ3v) is 6.18. The number of rotatable bonds is 7. The van der Waals surface area contributed by atoms with Crippen LogP contribution >= 0.6 is 22.6 Å². The molecule has 156 valence electrons. The Balaban J connectivity index is 2.11. The van der Waals surface area contributed by atoms with Gasteiger partial charge in [-0.05, 0) is 73.6 Å². The van der Waals surface area contributed by atoms with Crippen molar-refractivity contribution in [2.24, 2.45) is 5.41 Å². The van der Waals surface area contributed by atoms with Crippen molar-refractivity contribution < 1.29 is 9.67 Å². The number of pyridine rings is 1. The predicted molar refractivity (Wildman–Crippen MR) is 132 cm³/mol. The molecule has 1 aliphatic rings. The molecule has 2 nitrogen and oxygen atoms in total. The lowest BCUT2D eigenvalue weighted by Gasteiger charge is -2.32. The van der Waals surface area contributed by atoms with E-state index in [4.69, 9.17) is 0 Å². The zero-order chi connectivity index (χ0) is 21.4. The van der Waals surface area contributed by atoms with Gasteiger partial charge in [-0.3, -0.25) is 0 Å². The van der Waals surface area contributed by atoms with Gasteiger partial charge in [-0.25, -0.2) is 0 Å². The highest BCUT2D eigenvalue weighted by molar-refractivity contribution is 14.1. The van der Waals surface area contributed by atoms with Crippen molar-refractivity contribution in [1.82, 2.24) is 0 Å². The molecule has 1 N–H and O–H groups in total. The maximum atomic E-state index is 9.24. The van der Waals surface area contributed by atoms with Crippen molar-refractivity contribution in [1.29, 1.82) is 0 Å². The van der Waals surface area contributed by atoms with E-state index in [9.17, 15) is 5.11 Å². The van der Waals surface area contributed by atoms with Crippen molar-refractivity contribution in [2.75, 3.05) is 6.61 Å². The molecule has 0 aliphatic heterocycles. The summed E-state index contributed by atoms with van der Waals surface area (Å²) in [5.41, 5.74) is 6.90. The van der Waals surface area contributed by atoms with E-state index in [0.29, 0.717) is 6.54 Å². The molecule has 1 aliphatic carbocycles. The Morgan fingerprint density at radius 3 is 2.69 bits per heavy atom. The third kappa shape index (κ3) is 7.38. The fourth-order valence-electron chi connectivity index (χ4n) is 3.95. The summed E-state index contributed by atoms with van der Waals surface area (Å²) in [4.78, 5) is 0. The van der Waals surface area contributed by atoms with Crippen molar-refractivity contribution in [2.45, 2.75) is 60.4 Å². The van der Waals surface area contributed by atoms with E-state index in [0.717, 1.165) is 5.69 Å². The van der Waals surface area contributed by atoms with Crippen LogP contribution in [0.3, 0.4) is 0 Å². The Morgan fingerprint density at radius 2 is 2.00 bits per heavy atom. The van der Waals surface area contributed by atoms with Gasteiger partial charge in [-0.15, -0.1) is 0 Å². The molecule has 1 aromatic rings. The first kappa shape index (κ1) is 23.8. The van der Waals surface area contributed by atoms with Crippen LogP contribution in [0.1, 0.15) is 59.6 Å². The van der Waals surface area contributed by atoms with Gasteiger partial charge in [0.05, 0.1) is 0 Å². The van der Waals surface area contributed by atoms with Gasteiger partial charge in [-0.2, -0.15) is 4.57 Å². The molecule has 0 unspecified atom stereocenters. The van der Waals surface area contributed by atoms with Crippen molar-refractivity contribution in [3.05, 3.63) is 80.3 Å². The largest absolute Gasteiger partial charge is 0.390 e. The second-order valence-corrected chi connectivity index (χ2v) is 9.86. The Labute approximate surface area is 190 Å². The number of hydrogen-bond acceptors (Lipinski definition) is 1. The molecular formula is C26H35INO+. The quantitative estimate of drug-likeness (QED) is 0.254. The average Bonchev–Trinajstić information content (AvgIpc) is 2.63. The Kier molecular flexibility index (Phi) is 9.09. The minimum Gasteiger partial charge on any atom is -0.390 e. The lowest BCUT2D eigenvalue weighted by molar-refractivity contribution is -0.699. The van der Waals surface area contributed by atoms with Crippen LogP contribution in [0.25, 0.3) is 6.08 Å². The molecule has 2 rings (SSSR count). The topological polar surface area (TPSA) is 24.1 Å². The van der Waals surface area contributed by atoms with Crippen LogP contribution in [0.15, 0.2) is 71.0 Å². The number of nitrogens with zero attached hydrogens (tertiary/aromatic N) is 1. The minimum atomic E-state index is 0.141. The maximum Gasteiger partial charge on any atom is 0.206 e. The smallest absolute Gasteiger partial charge is 0.206 e. The molecule has 1 heterocycles. The molecule has 1 aromatic heterocycles. The van der Waals surface area contributed by atoms with E-state index >= 15 is 0 Å². The summed E-state index contributed by atoms with van der Waals surface area (Å²) in [5.74, 6) is 0. The summed E-state index contributed by atoms with van der Waals surface area (Å²) in [6.07, 6.45) is 18.9. The highest BCUT2D eigenvalue weighted by atomic mass is 127. The van der Waals surface area contributed by atoms with E-state index in [-0.39, 0.29) is 12.0 Å². The van der Waals surface area contributed by atoms with Crippen LogP contribution in [-0.2, 0) is 6.54 Å². The number of allylic oxidation sites excluding steroid dienone is 9. The van der Waals surface area contributed by atoms with Gasteiger partial charge >= 0.3 is 0 Å². The number of halogens is 1. The van der Waals surface area contributed by atoms with Crippen LogP contribution in [0.2, 0.25) is 0 Å². The first-order chi connectivity index (χ1) is 13.7. The summed E-state index contributed by atoms with van der Waals surface area (Å²) in [5, 5.41) is 9.24. The maximum absolute atomic E-state index is 9.24. The molecule has 0 aromatic carbocycles. The van der Waals surface area contributed by atoms with Gasteiger partial charge in [0.15, 0.2) is 12.7 Å². The third-order valence-electron chi connectivity index (χ3n) is 5.51. The molecular weight excluding hydrogens is 469 g/mol. The summed E-state index contributed by atoms with van der Waals surface area (Å²) in [6.45, 7) is 12.0. The van der Waals surface area contributed by atoms with Gasteiger partial charge in [0.1, 0.15) is 6.61 Å². The fourth-order valence-corrected chi connectivity index (χ4v) is 4.43. The second kappa shape index (κ2) is 11.1. The summed E-state index contributed by atoms with van der Waals surface area (Å²) in [6, 6.07) is 4.18. The van der Waals surface area contributed by atoms with Crippen LogP contribution in [0.5, 0.6) is 0 Å². The second-order valence-electron chi connectivity index (χ2n) is 8.61. The lowest BCUT2D eigenvalue weighted by atomic mass is 9.72. The van der Waals surface area contributed by atoms with E-state index in [2.05, 4.69) is 110 Å². The number of aliphatic hydroxyl groups excluding tert-OH is 1. The molecule has 29 heavy (non-hydrogen) atoms. The normalized spacial score (nSPS) is 18.3. The van der Waals surface area contributed by atoms with Crippen molar-refractivity contribution in [3.63, 3.8) is 0 Å². The Bertz CT molecular complexity index is 869. The first-order valence-corrected chi connectivity index (χ1v) is 11.5. The first-order valence-electron chi connectivity index (χ1n) is 10.4. The van der Waals surface area contributed by atoms with E-state index in [1.165, 1.54) is 45.1 Å². The summed E-state index contributed by atoms with van der Waals surface area (Å²) >= 11 is 2.32. The van der Waals surface area contributed by atoms with Gasteiger partial charge in [-0.1, -0.05) is 60.9 Å². The van der Waals surface area contributed by atoms with Crippen molar-refractivity contribution >= 4 is 28.7 Å². The van der Waals surface area contributed by atoms with Crippen molar-refractivity contribution in [3.8, 4) is 0 Å². The number of hydrogen-bond donors (Lipinski definition) is 1. The van der Waals surface area contributed by atoms with Crippen LogP contribution in [0.4, 0.5) is 0 Å². The zero-order valence-electron chi connectivity index (χ0n) is 18.5. The van der Waals surface area contributed by atoms with E-state index in [1.807, 2.05) is 6.20 Å². The summed E-state index contributed by atoms with van der Waals surface area (Å²) < 4.78 is 3.25. The number of aromatic nitrogens is 1. The zero-order valence-corrected chi connectivity index (χ0v) is 20.7. The fraction of sp³-hybridized carbons (Fsp3) is 0.423. The molecule has 0 fully saturated rings. The molecule has 3 heteroatoms. The molecule has 0 radical (unpaired) electrons. The molecule has 0 bridgehead atoms. The van der Waals surface area contributed by atoms with Crippen LogP contribution < -0.4 is 4.57 Å². The van der Waals surface area contributed by atoms with Gasteiger partial charge in [0.2, 0.25) is 5.69 Å². The standard InChI is InChI=1S/C26H35INO/c1-20(8-6-10-24-19-23(27)13-15-28(24)16-17-29)18-21(2)11-12-25-22(3)9-7-14-26(25,4)5/h6,8,10-13,15,18-19,29H,7,9,14,16-17H2,1-5H3/q+1/b10-6+,12-11+,20-8+,21-18+. The minimum absolute atomic E-state index is 0.141. The average molecular weight is 504 g/mol. The highest BCUT2D eigenvalue weighted by Crippen LogP contribution is 2.40. The molecule has 0 saturated heterocycles. The van der Waals surface area contributed by atoms with E-state index < -0.39 is 0 Å². The van der Waals surface area contributed by atoms with E-state index in [1.54, 1.807) is 0 Å². The van der Waals surface area contributed by atoms with Crippen LogP contribution in [0, 0.1) is 8.99 Å². The molecule has 0 atom stereocenters. The summed E-state index contributed by atoms with van der Waals surface area (Å²) in [7, 11) is 0. The lowest BCUT2D eigenvalue weighted by Crippen LogP contribution is -2.38. The Hall–Kier alpha value is -1.46. The monoisotopic (exact) mass is 504 g/mol. The molecule has 0 saturated carbocycles. The van der Waals surface area contributed by atoms with Crippen LogP contribution in [-0.4, -0.2) is 11.7 Å².